The van der Waals surface area contributed by atoms with Crippen molar-refractivity contribution in [1.82, 2.24) is 14.6 Å². The molecule has 2 heterocycles. The smallest absolute Gasteiger partial charge is 0.341 e. The van der Waals surface area contributed by atoms with Gasteiger partial charge in [-0.05, 0) is 38.0 Å². The molecule has 0 bridgehead atoms. The molecule has 0 amide bonds. The summed E-state index contributed by atoms with van der Waals surface area (Å²) in [5, 5.41) is 13.3. The molecule has 6 heteroatoms. The van der Waals surface area contributed by atoms with Crippen LogP contribution in [0.25, 0.3) is 16.9 Å². The van der Waals surface area contributed by atoms with Crippen LogP contribution in [0.15, 0.2) is 36.5 Å². The number of nitrogens with zero attached hydrogens (tertiary/aromatic N) is 3. The lowest BCUT2D eigenvalue weighted by molar-refractivity contribution is 0.0699. The van der Waals surface area contributed by atoms with E-state index < -0.39 is 5.97 Å². The number of carbonyl (C=O) groups is 1. The number of hydrogen-bond donors (Lipinski definition) is 1. The number of rotatable bonds is 4. The van der Waals surface area contributed by atoms with Gasteiger partial charge in [-0.15, -0.1) is 0 Å². The van der Waals surface area contributed by atoms with Crippen LogP contribution < -0.4 is 4.74 Å². The number of aromatic nitrogens is 3. The minimum Gasteiger partial charge on any atom is -0.490 e. The summed E-state index contributed by atoms with van der Waals surface area (Å²) in [6.45, 7) is 1.88. The molecule has 0 atom stereocenters. The van der Waals surface area contributed by atoms with Crippen molar-refractivity contribution in [3.05, 3.63) is 47.8 Å². The molecular formula is C17H15N3O3. The Morgan fingerprint density at radius 3 is 2.91 bits per heavy atom. The molecule has 1 aromatic carbocycles. The minimum atomic E-state index is -1.03. The molecule has 1 N–H and O–H groups in total. The van der Waals surface area contributed by atoms with Crippen molar-refractivity contribution in [1.29, 1.82) is 0 Å². The Kier molecular flexibility index (Phi) is 3.04. The molecule has 3 aromatic rings. The molecule has 1 fully saturated rings. The summed E-state index contributed by atoms with van der Waals surface area (Å²) in [7, 11) is 0. The third-order valence-corrected chi connectivity index (χ3v) is 3.84. The van der Waals surface area contributed by atoms with Crippen molar-refractivity contribution in [2.45, 2.75) is 25.9 Å². The third kappa shape index (κ3) is 2.52. The summed E-state index contributed by atoms with van der Waals surface area (Å²) in [5.74, 6) is -0.217. The summed E-state index contributed by atoms with van der Waals surface area (Å²) in [6.07, 6.45) is 3.86. The van der Waals surface area contributed by atoms with E-state index >= 15 is 0 Å². The topological polar surface area (TPSA) is 76.7 Å². The first-order valence-corrected chi connectivity index (χ1v) is 7.47. The number of hydrogen-bond acceptors (Lipinski definition) is 4. The minimum absolute atomic E-state index is 0.0975. The maximum absolute atomic E-state index is 11.3. The van der Waals surface area contributed by atoms with Gasteiger partial charge in [-0.3, -0.25) is 0 Å². The van der Waals surface area contributed by atoms with Crippen molar-refractivity contribution in [2.24, 2.45) is 0 Å². The highest BCUT2D eigenvalue weighted by molar-refractivity contribution is 5.94. The van der Waals surface area contributed by atoms with Crippen LogP contribution >= 0.6 is 0 Å². The molecule has 1 aliphatic carbocycles. The number of benzene rings is 1. The summed E-state index contributed by atoms with van der Waals surface area (Å²) in [4.78, 5) is 15.8. The van der Waals surface area contributed by atoms with Gasteiger partial charge in [0, 0.05) is 11.3 Å². The van der Waals surface area contributed by atoms with E-state index in [1.165, 1.54) is 10.7 Å². The van der Waals surface area contributed by atoms with Gasteiger partial charge in [-0.2, -0.15) is 5.10 Å². The second-order valence-electron chi connectivity index (χ2n) is 5.73. The highest BCUT2D eigenvalue weighted by atomic mass is 16.5. The normalized spacial score (nSPS) is 14.1. The zero-order valence-electron chi connectivity index (χ0n) is 12.6. The van der Waals surface area contributed by atoms with Gasteiger partial charge in [0.1, 0.15) is 11.3 Å². The van der Waals surface area contributed by atoms with Crippen LogP contribution in [-0.4, -0.2) is 31.8 Å². The van der Waals surface area contributed by atoms with Crippen LogP contribution in [0.2, 0.25) is 0 Å². The van der Waals surface area contributed by atoms with Crippen molar-refractivity contribution in [2.75, 3.05) is 0 Å². The first kappa shape index (κ1) is 13.8. The van der Waals surface area contributed by atoms with E-state index in [0.29, 0.717) is 17.4 Å². The Labute approximate surface area is 132 Å². The maximum atomic E-state index is 11.3. The van der Waals surface area contributed by atoms with Gasteiger partial charge in [0.25, 0.3) is 0 Å². The number of aryl methyl sites for hydroxylation is 1. The van der Waals surface area contributed by atoms with Crippen molar-refractivity contribution >= 4 is 11.6 Å². The molecule has 0 aliphatic heterocycles. The van der Waals surface area contributed by atoms with Crippen molar-refractivity contribution < 1.29 is 14.6 Å². The van der Waals surface area contributed by atoms with Crippen LogP contribution in [0.1, 0.15) is 28.9 Å². The fraction of sp³-hybridized carbons (Fsp3) is 0.235. The second kappa shape index (κ2) is 5.08. The van der Waals surface area contributed by atoms with Crippen LogP contribution in [0.5, 0.6) is 5.75 Å². The van der Waals surface area contributed by atoms with E-state index in [1.807, 2.05) is 37.3 Å². The number of ether oxygens (including phenoxy) is 1. The Morgan fingerprint density at radius 2 is 2.17 bits per heavy atom. The fourth-order valence-corrected chi connectivity index (χ4v) is 2.52. The standard InChI is InChI=1S/C17H15N3O3/c1-10-7-15(19-16-14(17(21)22)9-18-20(10)16)11-3-2-4-13(8-11)23-12-5-6-12/h2-4,7-9,12H,5-6H2,1H3,(H,21,22). The Bertz CT molecular complexity index is 913. The van der Waals surface area contributed by atoms with Crippen LogP contribution in [0, 0.1) is 6.92 Å². The molecule has 0 unspecified atom stereocenters. The van der Waals surface area contributed by atoms with E-state index in [1.54, 1.807) is 0 Å². The lowest BCUT2D eigenvalue weighted by Gasteiger charge is -2.08. The summed E-state index contributed by atoms with van der Waals surface area (Å²) >= 11 is 0. The summed E-state index contributed by atoms with van der Waals surface area (Å²) in [6, 6.07) is 9.61. The van der Waals surface area contributed by atoms with Gasteiger partial charge in [-0.1, -0.05) is 12.1 Å². The van der Waals surface area contributed by atoms with Gasteiger partial charge in [0.15, 0.2) is 5.65 Å². The van der Waals surface area contributed by atoms with Crippen LogP contribution in [-0.2, 0) is 0 Å². The molecule has 2 aromatic heterocycles. The highest BCUT2D eigenvalue weighted by Crippen LogP contribution is 2.30. The van der Waals surface area contributed by atoms with E-state index in [0.717, 1.165) is 29.8 Å². The Balaban J connectivity index is 1.81. The van der Waals surface area contributed by atoms with Crippen LogP contribution in [0.4, 0.5) is 0 Å². The van der Waals surface area contributed by atoms with Crippen molar-refractivity contribution in [3.63, 3.8) is 0 Å². The average molecular weight is 309 g/mol. The monoisotopic (exact) mass is 309 g/mol. The van der Waals surface area contributed by atoms with Gasteiger partial charge >= 0.3 is 5.97 Å². The molecule has 116 valence electrons. The van der Waals surface area contributed by atoms with Gasteiger partial charge in [0.05, 0.1) is 18.0 Å². The predicted molar refractivity (Wildman–Crippen MR) is 83.8 cm³/mol. The SMILES string of the molecule is Cc1cc(-c2cccc(OC3CC3)c2)nc2c(C(=O)O)cnn12. The fourth-order valence-electron chi connectivity index (χ4n) is 2.52. The van der Waals surface area contributed by atoms with Crippen LogP contribution in [0.3, 0.4) is 0 Å². The molecule has 0 saturated heterocycles. The average Bonchev–Trinajstić information content (AvgIpc) is 3.22. The molecule has 1 saturated carbocycles. The predicted octanol–water partition coefficient (Wildman–Crippen LogP) is 2.94. The molecule has 0 spiro atoms. The molecule has 23 heavy (non-hydrogen) atoms. The number of carboxylic acid groups (broad SMARTS) is 1. The van der Waals surface area contributed by atoms with Gasteiger partial charge in [0.2, 0.25) is 0 Å². The quantitative estimate of drug-likeness (QED) is 0.802. The number of carboxylic acids is 1. The lowest BCUT2D eigenvalue weighted by Crippen LogP contribution is -2.01. The van der Waals surface area contributed by atoms with E-state index in [4.69, 9.17) is 4.74 Å². The highest BCUT2D eigenvalue weighted by Gasteiger charge is 2.23. The third-order valence-electron chi connectivity index (χ3n) is 3.84. The zero-order chi connectivity index (χ0) is 16.0. The largest absolute Gasteiger partial charge is 0.490 e. The zero-order valence-corrected chi connectivity index (χ0v) is 12.6. The molecule has 6 nitrogen and oxygen atoms in total. The Morgan fingerprint density at radius 1 is 1.35 bits per heavy atom. The molecule has 4 rings (SSSR count). The maximum Gasteiger partial charge on any atom is 0.341 e. The lowest BCUT2D eigenvalue weighted by atomic mass is 10.1. The summed E-state index contributed by atoms with van der Waals surface area (Å²) in [5.41, 5.74) is 2.87. The van der Waals surface area contributed by atoms with E-state index in [-0.39, 0.29) is 5.56 Å². The first-order valence-electron chi connectivity index (χ1n) is 7.47. The number of aromatic carboxylic acids is 1. The molecule has 1 aliphatic rings. The molecular weight excluding hydrogens is 294 g/mol. The number of fused-ring (bicyclic) bond motifs is 1. The van der Waals surface area contributed by atoms with E-state index in [9.17, 15) is 9.90 Å². The van der Waals surface area contributed by atoms with Gasteiger partial charge in [-0.25, -0.2) is 14.3 Å². The summed E-state index contributed by atoms with van der Waals surface area (Å²) < 4.78 is 7.35. The van der Waals surface area contributed by atoms with Gasteiger partial charge < -0.3 is 9.84 Å². The first-order chi connectivity index (χ1) is 11.1. The molecule has 0 radical (unpaired) electrons. The second-order valence-corrected chi connectivity index (χ2v) is 5.73. The Hall–Kier alpha value is -2.89. The van der Waals surface area contributed by atoms with E-state index in [2.05, 4.69) is 10.1 Å². The van der Waals surface area contributed by atoms with Crippen molar-refractivity contribution in [3.8, 4) is 17.0 Å².